The Morgan fingerprint density at radius 1 is 0.775 bits per heavy atom. The van der Waals surface area contributed by atoms with E-state index in [2.05, 4.69) is 124 Å². The molecule has 2 nitrogen and oxygen atoms in total. The fraction of sp³-hybridized carbons (Fsp3) is 0.324. The monoisotopic (exact) mass is 537 g/mol. The first-order valence-corrected chi connectivity index (χ1v) is 14.5. The molecule has 2 aliphatic heterocycles. The maximum atomic E-state index is 13.8. The Hall–Kier alpha value is -3.72. The normalized spacial score (nSPS) is 17.7. The molecule has 0 spiro atoms. The van der Waals surface area contributed by atoms with E-state index >= 15 is 0 Å². The summed E-state index contributed by atoms with van der Waals surface area (Å²) in [5.41, 5.74) is 9.40. The first-order chi connectivity index (χ1) is 19.1. The van der Waals surface area contributed by atoms with Gasteiger partial charge in [-0.3, -0.25) is 0 Å². The second kappa shape index (κ2) is 12.6. The van der Waals surface area contributed by atoms with Crippen molar-refractivity contribution >= 4 is 22.7 Å². The van der Waals surface area contributed by atoms with Gasteiger partial charge in [0.2, 0.25) is 5.69 Å². The summed E-state index contributed by atoms with van der Waals surface area (Å²) in [6.45, 7) is 17.1. The zero-order valence-electron chi connectivity index (χ0n) is 26.0. The molecule has 2 aliphatic rings. The maximum Gasteiger partial charge on any atom is 0.209 e. The van der Waals surface area contributed by atoms with Gasteiger partial charge in [-0.15, -0.1) is 0 Å². The van der Waals surface area contributed by atoms with Crippen molar-refractivity contribution in [1.29, 1.82) is 0 Å². The topological polar surface area (TPSA) is 6.25 Å². The van der Waals surface area contributed by atoms with Gasteiger partial charge in [0.15, 0.2) is 5.71 Å². The number of hydrogen-bond donors (Lipinski definition) is 0. The van der Waals surface area contributed by atoms with Gasteiger partial charge in [0.25, 0.3) is 0 Å². The molecule has 0 saturated carbocycles. The summed E-state index contributed by atoms with van der Waals surface area (Å²) in [6.07, 6.45) is 8.76. The molecule has 0 N–H and O–H groups in total. The Balaban J connectivity index is 0.00000106. The minimum atomic E-state index is -0.228. The number of halogens is 1. The molecule has 3 heteroatoms. The van der Waals surface area contributed by atoms with Crippen LogP contribution in [0.4, 0.5) is 15.8 Å². The zero-order valence-corrected chi connectivity index (χ0v) is 26.0. The van der Waals surface area contributed by atoms with Gasteiger partial charge in [0, 0.05) is 41.6 Å². The maximum absolute atomic E-state index is 13.8. The van der Waals surface area contributed by atoms with Crippen molar-refractivity contribution in [2.75, 3.05) is 19.0 Å². The lowest BCUT2D eigenvalue weighted by Gasteiger charge is -2.23. The van der Waals surface area contributed by atoms with Gasteiger partial charge in [0.05, 0.1) is 5.41 Å². The second-order valence-corrected chi connectivity index (χ2v) is 10.8. The number of benzene rings is 3. The van der Waals surface area contributed by atoms with Gasteiger partial charge in [-0.1, -0.05) is 96.1 Å². The highest BCUT2D eigenvalue weighted by Crippen LogP contribution is 2.46. The minimum Gasteiger partial charge on any atom is -0.347 e. The Labute approximate surface area is 241 Å². The lowest BCUT2D eigenvalue weighted by atomic mass is 9.81. The van der Waals surface area contributed by atoms with E-state index in [1.165, 1.54) is 46.0 Å². The van der Waals surface area contributed by atoms with E-state index in [1.807, 2.05) is 39.8 Å². The highest BCUT2D eigenvalue weighted by Gasteiger charge is 2.42. The van der Waals surface area contributed by atoms with E-state index < -0.39 is 0 Å². The summed E-state index contributed by atoms with van der Waals surface area (Å²) in [7, 11) is 4.26. The number of hydrogen-bond acceptors (Lipinski definition) is 1. The summed E-state index contributed by atoms with van der Waals surface area (Å²) in [5, 5.41) is 0. The van der Waals surface area contributed by atoms with E-state index in [0.29, 0.717) is 0 Å². The van der Waals surface area contributed by atoms with Crippen molar-refractivity contribution in [2.24, 2.45) is 0 Å². The molecule has 0 fully saturated rings. The number of allylic oxidation sites excluding steroid dienone is 6. The number of rotatable bonds is 4. The standard InChI is InChI=1S/C33H34FN2.2C2H6/c1-32(2)26-11-7-9-13-28(26)35(5)30(32)21-17-24(23-15-19-25(34)20-16-23)18-22-31-33(3,4)27-12-8-10-14-29(27)36(31)6;2*1-2/h7-22H,1-6H3;2*1-2H3/q+1;;. The van der Waals surface area contributed by atoms with Crippen LogP contribution >= 0.6 is 0 Å². The quantitative estimate of drug-likeness (QED) is 0.237. The molecule has 3 aromatic rings. The number of anilines is 1. The molecule has 2 heterocycles. The second-order valence-electron chi connectivity index (χ2n) is 10.8. The van der Waals surface area contributed by atoms with Crippen LogP contribution in [-0.2, 0) is 10.8 Å². The molecule has 0 aromatic heterocycles. The largest absolute Gasteiger partial charge is 0.347 e. The van der Waals surface area contributed by atoms with E-state index in [-0.39, 0.29) is 16.6 Å². The molecule has 40 heavy (non-hydrogen) atoms. The molecule has 0 radical (unpaired) electrons. The molecule has 0 bridgehead atoms. The predicted octanol–water partition coefficient (Wildman–Crippen LogP) is 9.84. The van der Waals surface area contributed by atoms with Crippen molar-refractivity contribution in [3.8, 4) is 0 Å². The summed E-state index contributed by atoms with van der Waals surface area (Å²) >= 11 is 0. The molecule has 0 atom stereocenters. The Bertz CT molecular complexity index is 1450. The van der Waals surface area contributed by atoms with Gasteiger partial charge < -0.3 is 4.90 Å². The fourth-order valence-corrected chi connectivity index (χ4v) is 5.83. The third-order valence-electron chi connectivity index (χ3n) is 7.90. The molecule has 5 rings (SSSR count). The van der Waals surface area contributed by atoms with Crippen molar-refractivity contribution in [3.63, 3.8) is 0 Å². The van der Waals surface area contributed by atoms with Crippen molar-refractivity contribution in [2.45, 2.75) is 66.2 Å². The fourth-order valence-electron chi connectivity index (χ4n) is 5.83. The van der Waals surface area contributed by atoms with Gasteiger partial charge in [-0.2, -0.15) is 4.58 Å². The lowest BCUT2D eigenvalue weighted by molar-refractivity contribution is -0.401. The molecule has 0 unspecified atom stereocenters. The van der Waals surface area contributed by atoms with Crippen molar-refractivity contribution in [1.82, 2.24) is 0 Å². The minimum absolute atomic E-state index is 0.108. The van der Waals surface area contributed by atoms with Gasteiger partial charge in [0.1, 0.15) is 12.9 Å². The van der Waals surface area contributed by atoms with Crippen molar-refractivity contribution < 1.29 is 8.97 Å². The van der Waals surface area contributed by atoms with E-state index in [4.69, 9.17) is 0 Å². The predicted molar refractivity (Wildman–Crippen MR) is 172 cm³/mol. The van der Waals surface area contributed by atoms with Crippen LogP contribution in [-0.4, -0.2) is 24.4 Å². The van der Waals surface area contributed by atoms with Crippen LogP contribution in [0.3, 0.4) is 0 Å². The van der Waals surface area contributed by atoms with Gasteiger partial charge in [-0.05, 0) is 60.9 Å². The summed E-state index contributed by atoms with van der Waals surface area (Å²) in [6, 6.07) is 23.9. The van der Waals surface area contributed by atoms with Crippen LogP contribution in [0.25, 0.3) is 5.57 Å². The highest BCUT2D eigenvalue weighted by molar-refractivity contribution is 6.04. The third kappa shape index (κ3) is 5.61. The summed E-state index contributed by atoms with van der Waals surface area (Å²) < 4.78 is 16.0. The van der Waals surface area contributed by atoms with Crippen LogP contribution in [0, 0.1) is 5.82 Å². The molecular formula is C37H46FN2+. The third-order valence-corrected chi connectivity index (χ3v) is 7.90. The van der Waals surface area contributed by atoms with E-state index in [0.717, 1.165) is 11.1 Å². The molecule has 0 aliphatic carbocycles. The Morgan fingerprint density at radius 3 is 1.95 bits per heavy atom. The molecular weight excluding hydrogens is 491 g/mol. The molecule has 3 aromatic carbocycles. The van der Waals surface area contributed by atoms with Crippen molar-refractivity contribution in [3.05, 3.63) is 125 Å². The average molecular weight is 538 g/mol. The van der Waals surface area contributed by atoms with Gasteiger partial charge >= 0.3 is 0 Å². The van der Waals surface area contributed by atoms with Crippen LogP contribution < -0.4 is 4.90 Å². The van der Waals surface area contributed by atoms with Crippen LogP contribution in [0.2, 0.25) is 0 Å². The SMILES string of the molecule is CC.CC.CN1/C(=C/C=C(/C=C/C2=[N+](C)c3ccccc3C2(C)C)c2ccc(F)cc2)C(C)(C)c2ccccc21. The molecule has 0 saturated heterocycles. The molecule has 0 amide bonds. The summed E-state index contributed by atoms with van der Waals surface area (Å²) in [5.74, 6) is -0.228. The first kappa shape index (κ1) is 30.8. The van der Waals surface area contributed by atoms with E-state index in [1.54, 1.807) is 0 Å². The number of para-hydroxylation sites is 2. The first-order valence-electron chi connectivity index (χ1n) is 14.5. The van der Waals surface area contributed by atoms with Crippen LogP contribution in [0.15, 0.2) is 103 Å². The average Bonchev–Trinajstić information content (AvgIpc) is 3.29. The van der Waals surface area contributed by atoms with Crippen LogP contribution in [0.5, 0.6) is 0 Å². The zero-order chi connectivity index (χ0) is 29.7. The summed E-state index contributed by atoms with van der Waals surface area (Å²) in [4.78, 5) is 2.27. The number of likely N-dealkylation sites (N-methyl/N-ethyl adjacent to an activating group) is 1. The Kier molecular flexibility index (Phi) is 9.73. The number of fused-ring (bicyclic) bond motifs is 2. The van der Waals surface area contributed by atoms with Crippen LogP contribution in [0.1, 0.15) is 72.1 Å². The highest BCUT2D eigenvalue weighted by atomic mass is 19.1. The smallest absolute Gasteiger partial charge is 0.209 e. The Morgan fingerprint density at radius 2 is 1.35 bits per heavy atom. The van der Waals surface area contributed by atoms with Gasteiger partial charge in [-0.25, -0.2) is 4.39 Å². The van der Waals surface area contributed by atoms with E-state index in [9.17, 15) is 4.39 Å². The molecule has 210 valence electrons. The number of nitrogens with zero attached hydrogens (tertiary/aromatic N) is 2. The lowest BCUT2D eigenvalue weighted by Crippen LogP contribution is -2.26.